The summed E-state index contributed by atoms with van der Waals surface area (Å²) < 4.78 is 14.0. The number of pyridine rings is 1. The number of aryl methyl sites for hydroxylation is 4. The second-order valence-electron chi connectivity index (χ2n) is 7.34. The predicted octanol–water partition coefficient (Wildman–Crippen LogP) is 3.92. The molecule has 0 saturated carbocycles. The molecule has 1 fully saturated rings. The zero-order valence-corrected chi connectivity index (χ0v) is 15.3. The number of nitrogens with two attached hydrogens (primary N) is 1. The van der Waals surface area contributed by atoms with Crippen LogP contribution >= 0.6 is 0 Å². The number of likely N-dealkylation sites (tertiary alicyclic amines) is 1. The Kier molecular flexibility index (Phi) is 5.69. The van der Waals surface area contributed by atoms with Crippen LogP contribution < -0.4 is 5.73 Å². The van der Waals surface area contributed by atoms with Crippen molar-refractivity contribution in [3.05, 3.63) is 58.5 Å². The maximum Gasteiger partial charge on any atom is 0.123 e. The number of aromatic nitrogens is 1. The molecule has 25 heavy (non-hydrogen) atoms. The van der Waals surface area contributed by atoms with E-state index in [1.165, 1.54) is 19.4 Å². The molecule has 3 nitrogen and oxygen atoms in total. The van der Waals surface area contributed by atoms with E-state index < -0.39 is 0 Å². The van der Waals surface area contributed by atoms with Crippen molar-refractivity contribution < 1.29 is 4.39 Å². The average Bonchev–Trinajstić information content (AvgIpc) is 2.95. The number of halogens is 1. The van der Waals surface area contributed by atoms with Gasteiger partial charge in [-0.1, -0.05) is 6.07 Å². The smallest absolute Gasteiger partial charge is 0.123 e. The molecule has 1 atom stereocenters. The van der Waals surface area contributed by atoms with E-state index in [-0.39, 0.29) is 5.82 Å². The van der Waals surface area contributed by atoms with Gasteiger partial charge in [0.1, 0.15) is 11.6 Å². The number of nitrogens with zero attached hydrogens (tertiary/aromatic N) is 2. The van der Waals surface area contributed by atoms with Crippen molar-refractivity contribution in [2.75, 3.05) is 19.3 Å². The van der Waals surface area contributed by atoms with Gasteiger partial charge in [0.15, 0.2) is 0 Å². The van der Waals surface area contributed by atoms with E-state index in [4.69, 9.17) is 5.73 Å². The minimum atomic E-state index is -0.135. The molecule has 2 N–H and O–H groups in total. The van der Waals surface area contributed by atoms with Crippen LogP contribution in [0.5, 0.6) is 0 Å². The fraction of sp³-hybridized carbons (Fsp3) is 0.476. The highest BCUT2D eigenvalue weighted by Crippen LogP contribution is 2.21. The monoisotopic (exact) mass is 341 g/mol. The van der Waals surface area contributed by atoms with E-state index >= 15 is 0 Å². The van der Waals surface area contributed by atoms with Gasteiger partial charge in [-0.05, 0) is 100.0 Å². The lowest BCUT2D eigenvalue weighted by Crippen LogP contribution is -2.25. The molecule has 2 aromatic rings. The summed E-state index contributed by atoms with van der Waals surface area (Å²) in [6.07, 6.45) is 6.15. The van der Waals surface area contributed by atoms with Gasteiger partial charge in [-0.3, -0.25) is 0 Å². The van der Waals surface area contributed by atoms with Gasteiger partial charge in [0.05, 0.1) is 0 Å². The Morgan fingerprint density at radius 3 is 2.56 bits per heavy atom. The normalized spacial score (nSPS) is 18.0. The molecule has 0 spiro atoms. The third-order valence-electron chi connectivity index (χ3n) is 5.17. The quantitative estimate of drug-likeness (QED) is 0.866. The van der Waals surface area contributed by atoms with E-state index in [9.17, 15) is 4.39 Å². The third kappa shape index (κ3) is 5.02. The van der Waals surface area contributed by atoms with Gasteiger partial charge in [-0.25, -0.2) is 9.37 Å². The van der Waals surface area contributed by atoms with Crippen molar-refractivity contribution in [3.8, 4) is 0 Å². The minimum absolute atomic E-state index is 0.135. The number of benzene rings is 1. The van der Waals surface area contributed by atoms with Gasteiger partial charge in [0.25, 0.3) is 0 Å². The van der Waals surface area contributed by atoms with Crippen molar-refractivity contribution in [1.29, 1.82) is 0 Å². The van der Waals surface area contributed by atoms with Crippen LogP contribution in [0.1, 0.15) is 41.6 Å². The van der Waals surface area contributed by atoms with Crippen molar-refractivity contribution in [3.63, 3.8) is 0 Å². The maximum atomic E-state index is 14.0. The van der Waals surface area contributed by atoms with Crippen molar-refractivity contribution in [2.24, 2.45) is 0 Å². The van der Waals surface area contributed by atoms with Crippen molar-refractivity contribution in [2.45, 2.75) is 51.5 Å². The van der Waals surface area contributed by atoms with Gasteiger partial charge in [0.2, 0.25) is 0 Å². The van der Waals surface area contributed by atoms with Crippen LogP contribution in [0.25, 0.3) is 0 Å². The zero-order valence-electron chi connectivity index (χ0n) is 15.3. The van der Waals surface area contributed by atoms with E-state index in [1.807, 2.05) is 19.1 Å². The molecule has 1 saturated heterocycles. The van der Waals surface area contributed by atoms with Crippen LogP contribution in [-0.2, 0) is 19.3 Å². The third-order valence-corrected chi connectivity index (χ3v) is 5.17. The molecule has 4 heteroatoms. The van der Waals surface area contributed by atoms with Crippen LogP contribution in [0, 0.1) is 12.7 Å². The molecule has 3 rings (SSSR count). The first-order valence-corrected chi connectivity index (χ1v) is 9.21. The fourth-order valence-corrected chi connectivity index (χ4v) is 3.85. The Hall–Kier alpha value is -1.94. The molecule has 1 aromatic carbocycles. The van der Waals surface area contributed by atoms with Crippen LogP contribution in [0.15, 0.2) is 30.3 Å². The van der Waals surface area contributed by atoms with Crippen molar-refractivity contribution >= 4 is 5.82 Å². The van der Waals surface area contributed by atoms with Gasteiger partial charge in [-0.2, -0.15) is 0 Å². The van der Waals surface area contributed by atoms with Crippen LogP contribution in [0.3, 0.4) is 0 Å². The van der Waals surface area contributed by atoms with Crippen LogP contribution in [-0.4, -0.2) is 29.5 Å². The number of nitrogen functional groups attached to an aromatic ring is 1. The molecule has 0 radical (unpaired) electrons. The predicted molar refractivity (Wildman–Crippen MR) is 101 cm³/mol. The summed E-state index contributed by atoms with van der Waals surface area (Å²) in [7, 11) is 2.19. The number of rotatable bonds is 6. The highest BCUT2D eigenvalue weighted by Gasteiger charge is 2.20. The summed E-state index contributed by atoms with van der Waals surface area (Å²) in [5.41, 5.74) is 10.0. The first-order chi connectivity index (χ1) is 12.0. The average molecular weight is 341 g/mol. The second kappa shape index (κ2) is 7.96. The molecule has 1 aliphatic rings. The molecule has 1 aliphatic heterocycles. The first-order valence-electron chi connectivity index (χ1n) is 9.21. The molecule has 2 heterocycles. The summed E-state index contributed by atoms with van der Waals surface area (Å²) >= 11 is 0. The van der Waals surface area contributed by atoms with E-state index in [0.29, 0.717) is 11.9 Å². The lowest BCUT2D eigenvalue weighted by atomic mass is 9.99. The van der Waals surface area contributed by atoms with Crippen molar-refractivity contribution in [1.82, 2.24) is 9.88 Å². The van der Waals surface area contributed by atoms with Crippen LogP contribution in [0.2, 0.25) is 0 Å². The van der Waals surface area contributed by atoms with Gasteiger partial charge < -0.3 is 10.6 Å². The summed E-state index contributed by atoms with van der Waals surface area (Å²) in [4.78, 5) is 6.79. The second-order valence-corrected chi connectivity index (χ2v) is 7.34. The Morgan fingerprint density at radius 2 is 1.88 bits per heavy atom. The molecular formula is C21H28FN3. The minimum Gasteiger partial charge on any atom is -0.384 e. The molecule has 0 unspecified atom stereocenters. The summed E-state index contributed by atoms with van der Waals surface area (Å²) in [6.45, 7) is 3.20. The van der Waals surface area contributed by atoms with E-state index in [0.717, 1.165) is 48.1 Å². The molecule has 0 aliphatic carbocycles. The summed E-state index contributed by atoms with van der Waals surface area (Å²) in [5, 5.41) is 0. The Labute approximate surface area is 150 Å². The Morgan fingerprint density at radius 1 is 1.12 bits per heavy atom. The zero-order chi connectivity index (χ0) is 17.8. The van der Waals surface area contributed by atoms with Gasteiger partial charge in [-0.15, -0.1) is 0 Å². The van der Waals surface area contributed by atoms with E-state index in [2.05, 4.69) is 23.0 Å². The van der Waals surface area contributed by atoms with E-state index in [1.54, 1.807) is 12.1 Å². The van der Waals surface area contributed by atoms with Gasteiger partial charge in [0, 0.05) is 11.7 Å². The lowest BCUT2D eigenvalue weighted by molar-refractivity contribution is 0.296. The number of hydrogen-bond acceptors (Lipinski definition) is 3. The highest BCUT2D eigenvalue weighted by molar-refractivity contribution is 5.34. The largest absolute Gasteiger partial charge is 0.384 e. The summed E-state index contributed by atoms with van der Waals surface area (Å²) in [5.74, 6) is 0.416. The molecule has 0 bridgehead atoms. The topological polar surface area (TPSA) is 42.1 Å². The Balaban J connectivity index is 1.62. The highest BCUT2D eigenvalue weighted by atomic mass is 19.1. The Bertz CT molecular complexity index is 709. The molecular weight excluding hydrogens is 313 g/mol. The van der Waals surface area contributed by atoms with Gasteiger partial charge >= 0.3 is 0 Å². The molecule has 0 amide bonds. The molecule has 134 valence electrons. The fourth-order valence-electron chi connectivity index (χ4n) is 3.85. The SMILES string of the molecule is Cc1cc(N)nc(CCc2cc(F)cc(CC[C@H]3CCCN3C)c2)c1. The standard InChI is InChI=1S/C21H28FN3/c1-15-10-19(24-21(23)11-15)7-5-16-12-17(14-18(22)13-16)6-8-20-4-3-9-25(20)2/h10-14,20H,3-9H2,1-2H3,(H2,23,24)/t20-/m1/s1. The first kappa shape index (κ1) is 17.9. The maximum absolute atomic E-state index is 14.0. The summed E-state index contributed by atoms with van der Waals surface area (Å²) in [6, 6.07) is 10.0. The van der Waals surface area contributed by atoms with Crippen LogP contribution in [0.4, 0.5) is 10.2 Å². The number of hydrogen-bond donors (Lipinski definition) is 1. The molecule has 1 aromatic heterocycles. The lowest BCUT2D eigenvalue weighted by Gasteiger charge is -2.19. The number of anilines is 1.